The molecule has 1 heterocycles. The summed E-state index contributed by atoms with van der Waals surface area (Å²) in [7, 11) is 1.43. The van der Waals surface area contributed by atoms with Gasteiger partial charge in [0.2, 0.25) is 5.69 Å². The molecule has 2 aromatic carbocycles. The lowest BCUT2D eigenvalue weighted by atomic mass is 10.1. The zero-order valence-electron chi connectivity index (χ0n) is 16.1. The van der Waals surface area contributed by atoms with Crippen molar-refractivity contribution in [1.29, 1.82) is 0 Å². The molecule has 0 aliphatic carbocycles. The Labute approximate surface area is 168 Å². The Balaban J connectivity index is 1.79. The molecule has 0 saturated carbocycles. The van der Waals surface area contributed by atoms with Crippen LogP contribution in [0.5, 0.6) is 11.5 Å². The largest absolute Gasteiger partial charge is 0.595 e. The van der Waals surface area contributed by atoms with Gasteiger partial charge in [-0.15, -0.1) is 0 Å². The van der Waals surface area contributed by atoms with E-state index in [2.05, 4.69) is 21.9 Å². The molecule has 3 N–H and O–H groups in total. The third kappa shape index (κ3) is 5.08. The van der Waals surface area contributed by atoms with E-state index in [1.165, 1.54) is 19.5 Å². The molecule has 29 heavy (non-hydrogen) atoms. The Bertz CT molecular complexity index is 977. The van der Waals surface area contributed by atoms with Gasteiger partial charge in [-0.2, -0.15) is 5.23 Å². The Morgan fingerprint density at radius 1 is 1.17 bits per heavy atom. The van der Waals surface area contributed by atoms with Crippen LogP contribution in [-0.4, -0.2) is 28.4 Å². The number of aromatic nitrogens is 2. The normalized spacial score (nSPS) is 12.7. The van der Waals surface area contributed by atoms with E-state index in [1.54, 1.807) is 24.3 Å². The second kappa shape index (κ2) is 9.16. The van der Waals surface area contributed by atoms with Crippen LogP contribution in [0, 0.1) is 5.21 Å². The van der Waals surface area contributed by atoms with Gasteiger partial charge in [0.15, 0.2) is 5.75 Å². The maximum Gasteiger partial charge on any atom is 0.208 e. The highest BCUT2D eigenvalue weighted by molar-refractivity contribution is 5.68. The van der Waals surface area contributed by atoms with E-state index in [0.717, 1.165) is 17.0 Å². The van der Waals surface area contributed by atoms with Crippen molar-refractivity contribution in [2.24, 2.45) is 0 Å². The standard InChI is InChI=1S/C21H22N4O4/c1-4-14(2)29-17-8-5-15(6-9-17)18-12-21(23-13-22-18)24-16-7-10-20(28-3)19(11-16)25(26)27/h4-14,25-26H,1H2,2-3H3,(H,22,23,24)/t14-/m1/s1. The third-order valence-corrected chi connectivity index (χ3v) is 4.17. The molecule has 0 saturated heterocycles. The number of nitrogens with one attached hydrogen (secondary N) is 2. The van der Waals surface area contributed by atoms with Gasteiger partial charge in [-0.05, 0) is 43.3 Å². The Morgan fingerprint density at radius 3 is 2.59 bits per heavy atom. The summed E-state index contributed by atoms with van der Waals surface area (Å²) in [6, 6.07) is 14.2. The van der Waals surface area contributed by atoms with Gasteiger partial charge in [0.05, 0.1) is 12.8 Å². The number of methoxy groups -OCH3 is 1. The SMILES string of the molecule is C=C[C@@H](C)Oc1ccc(-c2cc(Nc3ccc(OC)c([NH+]([O-])O)c3)ncn2)cc1. The van der Waals surface area contributed by atoms with Gasteiger partial charge in [0.1, 0.15) is 24.0 Å². The number of ether oxygens (including phenoxy) is 2. The predicted molar refractivity (Wildman–Crippen MR) is 110 cm³/mol. The molecule has 0 fully saturated rings. The van der Waals surface area contributed by atoms with E-state index in [-0.39, 0.29) is 11.8 Å². The first kappa shape index (κ1) is 20.3. The summed E-state index contributed by atoms with van der Waals surface area (Å²) in [6.45, 7) is 5.62. The van der Waals surface area contributed by atoms with Gasteiger partial charge < -0.3 is 20.0 Å². The van der Waals surface area contributed by atoms with Crippen LogP contribution in [-0.2, 0) is 0 Å². The highest BCUT2D eigenvalue weighted by Crippen LogP contribution is 2.27. The number of hydrogen-bond donors (Lipinski definition) is 3. The van der Waals surface area contributed by atoms with E-state index < -0.39 is 5.23 Å². The van der Waals surface area contributed by atoms with Crippen molar-refractivity contribution in [2.45, 2.75) is 13.0 Å². The summed E-state index contributed by atoms with van der Waals surface area (Å²) in [5, 5.41) is 22.7. The molecule has 0 bridgehead atoms. The van der Waals surface area contributed by atoms with Gasteiger partial charge in [-0.3, -0.25) is 0 Å². The van der Waals surface area contributed by atoms with Gasteiger partial charge in [-0.25, -0.2) is 15.2 Å². The Morgan fingerprint density at radius 2 is 1.93 bits per heavy atom. The lowest BCUT2D eigenvalue weighted by Crippen LogP contribution is -2.99. The van der Waals surface area contributed by atoms with Crippen LogP contribution in [0.3, 0.4) is 0 Å². The monoisotopic (exact) mass is 394 g/mol. The lowest BCUT2D eigenvalue weighted by Gasteiger charge is -2.16. The molecule has 1 aromatic heterocycles. The lowest BCUT2D eigenvalue weighted by molar-refractivity contribution is -0.991. The first-order valence-corrected chi connectivity index (χ1v) is 8.90. The molecule has 0 spiro atoms. The van der Waals surface area contributed by atoms with E-state index in [4.69, 9.17) is 9.47 Å². The molecule has 3 rings (SSSR count). The fourth-order valence-corrected chi connectivity index (χ4v) is 2.65. The number of rotatable bonds is 8. The minimum Gasteiger partial charge on any atom is -0.595 e. The van der Waals surface area contributed by atoms with Crippen LogP contribution >= 0.6 is 0 Å². The number of quaternary nitrogens is 1. The van der Waals surface area contributed by atoms with Crippen LogP contribution in [0.2, 0.25) is 0 Å². The molecule has 3 aromatic rings. The molecule has 0 amide bonds. The highest BCUT2D eigenvalue weighted by Gasteiger charge is 2.11. The predicted octanol–water partition coefficient (Wildman–Crippen LogP) is 3.25. The smallest absolute Gasteiger partial charge is 0.208 e. The first-order chi connectivity index (χ1) is 14.0. The summed E-state index contributed by atoms with van der Waals surface area (Å²) in [6.07, 6.45) is 3.10. The zero-order valence-corrected chi connectivity index (χ0v) is 16.1. The number of hydrogen-bond acceptors (Lipinski definition) is 7. The van der Waals surface area contributed by atoms with Crippen molar-refractivity contribution in [2.75, 3.05) is 12.4 Å². The molecule has 0 aliphatic rings. The fourth-order valence-electron chi connectivity index (χ4n) is 2.65. The van der Waals surface area contributed by atoms with E-state index in [0.29, 0.717) is 17.3 Å². The van der Waals surface area contributed by atoms with Crippen molar-refractivity contribution < 1.29 is 19.9 Å². The summed E-state index contributed by atoms with van der Waals surface area (Å²) >= 11 is 0. The molecule has 150 valence electrons. The Kier molecular flexibility index (Phi) is 6.40. The molecule has 1 unspecified atom stereocenters. The van der Waals surface area contributed by atoms with Crippen LogP contribution in [0.25, 0.3) is 11.3 Å². The number of nitrogens with zero attached hydrogens (tertiary/aromatic N) is 2. The average molecular weight is 394 g/mol. The number of benzene rings is 2. The van der Waals surface area contributed by atoms with Crippen LogP contribution < -0.4 is 20.0 Å². The number of anilines is 2. The van der Waals surface area contributed by atoms with Crippen LogP contribution in [0.15, 0.2) is 67.5 Å². The second-order valence-corrected chi connectivity index (χ2v) is 6.22. The van der Waals surface area contributed by atoms with Gasteiger partial charge in [-0.1, -0.05) is 12.7 Å². The quantitative estimate of drug-likeness (QED) is 0.398. The maximum atomic E-state index is 11.4. The van der Waals surface area contributed by atoms with Crippen molar-refractivity contribution in [3.63, 3.8) is 0 Å². The fraction of sp³-hybridized carbons (Fsp3) is 0.143. The van der Waals surface area contributed by atoms with Crippen molar-refractivity contribution in [3.05, 3.63) is 72.7 Å². The van der Waals surface area contributed by atoms with Gasteiger partial charge in [0.25, 0.3) is 0 Å². The molecule has 0 radical (unpaired) electrons. The summed E-state index contributed by atoms with van der Waals surface area (Å²) < 4.78 is 10.8. The molecule has 8 nitrogen and oxygen atoms in total. The zero-order chi connectivity index (χ0) is 20.8. The molecule has 8 heteroatoms. The summed E-state index contributed by atoms with van der Waals surface area (Å²) in [5.41, 5.74) is 2.26. The van der Waals surface area contributed by atoms with Gasteiger partial charge in [0, 0.05) is 23.4 Å². The molecule has 0 aliphatic heterocycles. The van der Waals surface area contributed by atoms with E-state index in [9.17, 15) is 10.4 Å². The van der Waals surface area contributed by atoms with E-state index >= 15 is 0 Å². The average Bonchev–Trinajstić information content (AvgIpc) is 2.74. The van der Waals surface area contributed by atoms with Crippen molar-refractivity contribution in [3.8, 4) is 22.8 Å². The first-order valence-electron chi connectivity index (χ1n) is 8.90. The molecule has 2 atom stereocenters. The molecular formula is C21H22N4O4. The Hall–Kier alpha value is -3.46. The highest BCUT2D eigenvalue weighted by atomic mass is 16.8. The summed E-state index contributed by atoms with van der Waals surface area (Å²) in [4.78, 5) is 8.52. The van der Waals surface area contributed by atoms with Crippen molar-refractivity contribution >= 4 is 17.2 Å². The minimum absolute atomic E-state index is 0.0659. The topological polar surface area (TPSA) is 104 Å². The third-order valence-electron chi connectivity index (χ3n) is 4.17. The second-order valence-electron chi connectivity index (χ2n) is 6.22. The van der Waals surface area contributed by atoms with Crippen LogP contribution in [0.1, 0.15) is 6.92 Å². The van der Waals surface area contributed by atoms with Crippen molar-refractivity contribution in [1.82, 2.24) is 9.97 Å². The van der Waals surface area contributed by atoms with E-state index in [1.807, 2.05) is 31.2 Å². The van der Waals surface area contributed by atoms with Crippen LogP contribution in [0.4, 0.5) is 17.2 Å². The molecular weight excluding hydrogens is 372 g/mol. The summed E-state index contributed by atoms with van der Waals surface area (Å²) in [5.74, 6) is 1.57. The van der Waals surface area contributed by atoms with Gasteiger partial charge >= 0.3 is 0 Å². The maximum absolute atomic E-state index is 11.4. The minimum atomic E-state index is -1.07.